The number of furan rings is 1. The highest BCUT2D eigenvalue weighted by atomic mass is 19.1. The van der Waals surface area contributed by atoms with E-state index in [1.165, 1.54) is 24.3 Å². The highest BCUT2D eigenvalue weighted by molar-refractivity contribution is 6.10. The van der Waals surface area contributed by atoms with Crippen LogP contribution in [0.15, 0.2) is 71.3 Å². The summed E-state index contributed by atoms with van der Waals surface area (Å²) in [6, 6.07) is 15.8. The van der Waals surface area contributed by atoms with Crippen molar-refractivity contribution < 1.29 is 23.1 Å². The van der Waals surface area contributed by atoms with Gasteiger partial charge in [-0.3, -0.25) is 14.5 Å². The first-order valence-corrected chi connectivity index (χ1v) is 9.74. The van der Waals surface area contributed by atoms with Crippen molar-refractivity contribution >= 4 is 23.2 Å². The lowest BCUT2D eigenvalue weighted by molar-refractivity contribution is -0.117. The number of nitrogens with one attached hydrogen (secondary N) is 2. The Morgan fingerprint density at radius 1 is 1.03 bits per heavy atom. The minimum absolute atomic E-state index is 0.0952. The van der Waals surface area contributed by atoms with E-state index >= 15 is 0 Å². The predicted molar refractivity (Wildman–Crippen MR) is 115 cm³/mol. The molecule has 0 saturated carbocycles. The van der Waals surface area contributed by atoms with Crippen molar-refractivity contribution in [3.63, 3.8) is 0 Å². The second kappa shape index (κ2) is 11.1. The maximum absolute atomic E-state index is 13.1. The van der Waals surface area contributed by atoms with Gasteiger partial charge in [0, 0.05) is 19.3 Å². The fourth-order valence-corrected chi connectivity index (χ4v) is 2.97. The van der Waals surface area contributed by atoms with Crippen LogP contribution in [0.2, 0.25) is 0 Å². The van der Waals surface area contributed by atoms with Crippen LogP contribution in [0.1, 0.15) is 16.1 Å². The number of hydrogen-bond donors (Lipinski definition) is 2. The molecule has 7 nitrogen and oxygen atoms in total. The van der Waals surface area contributed by atoms with Crippen molar-refractivity contribution in [3.8, 4) is 0 Å². The van der Waals surface area contributed by atoms with Crippen LogP contribution in [-0.4, -0.2) is 43.5 Å². The second-order valence-corrected chi connectivity index (χ2v) is 6.84. The summed E-state index contributed by atoms with van der Waals surface area (Å²) < 4.78 is 23.6. The van der Waals surface area contributed by atoms with E-state index in [0.717, 1.165) is 5.76 Å². The zero-order valence-corrected chi connectivity index (χ0v) is 17.1. The Labute approximate surface area is 179 Å². The van der Waals surface area contributed by atoms with Crippen molar-refractivity contribution in [2.75, 3.05) is 37.4 Å². The number of amides is 2. The number of halogens is 1. The van der Waals surface area contributed by atoms with Gasteiger partial charge < -0.3 is 19.8 Å². The van der Waals surface area contributed by atoms with Gasteiger partial charge >= 0.3 is 0 Å². The normalized spacial score (nSPS) is 10.8. The van der Waals surface area contributed by atoms with Crippen LogP contribution in [0.5, 0.6) is 0 Å². The van der Waals surface area contributed by atoms with Gasteiger partial charge in [-0.05, 0) is 48.5 Å². The van der Waals surface area contributed by atoms with E-state index in [9.17, 15) is 14.0 Å². The fourth-order valence-electron chi connectivity index (χ4n) is 2.97. The predicted octanol–water partition coefficient (Wildman–Crippen LogP) is 3.76. The smallest absolute Gasteiger partial charge is 0.257 e. The number of hydrogen-bond acceptors (Lipinski definition) is 5. The number of rotatable bonds is 10. The van der Waals surface area contributed by atoms with Crippen molar-refractivity contribution in [3.05, 3.63) is 84.1 Å². The lowest BCUT2D eigenvalue weighted by Gasteiger charge is -2.20. The molecule has 2 amide bonds. The number of methoxy groups -OCH3 is 1. The first kappa shape index (κ1) is 22.2. The van der Waals surface area contributed by atoms with Crippen molar-refractivity contribution in [2.24, 2.45) is 0 Å². The molecule has 0 aliphatic rings. The molecule has 0 fully saturated rings. The number of ether oxygens (including phenoxy) is 1. The zero-order chi connectivity index (χ0) is 22.1. The Bertz CT molecular complexity index is 990. The second-order valence-electron chi connectivity index (χ2n) is 6.84. The first-order chi connectivity index (χ1) is 15.0. The third kappa shape index (κ3) is 6.77. The third-order valence-corrected chi connectivity index (χ3v) is 4.49. The summed E-state index contributed by atoms with van der Waals surface area (Å²) in [5.41, 5.74) is 1.14. The molecule has 1 heterocycles. The van der Waals surface area contributed by atoms with E-state index in [2.05, 4.69) is 10.6 Å². The van der Waals surface area contributed by atoms with Crippen molar-refractivity contribution in [1.29, 1.82) is 0 Å². The van der Waals surface area contributed by atoms with Gasteiger partial charge in [0.25, 0.3) is 5.91 Å². The molecule has 0 spiro atoms. The minimum Gasteiger partial charge on any atom is -0.468 e. The first-order valence-electron chi connectivity index (χ1n) is 9.74. The lowest BCUT2D eigenvalue weighted by atomic mass is 10.1. The van der Waals surface area contributed by atoms with Crippen molar-refractivity contribution in [2.45, 2.75) is 6.54 Å². The Balaban J connectivity index is 1.66. The molecule has 0 atom stereocenters. The molecular weight excluding hydrogens is 401 g/mol. The maximum atomic E-state index is 13.1. The van der Waals surface area contributed by atoms with Gasteiger partial charge in [-0.25, -0.2) is 4.39 Å². The van der Waals surface area contributed by atoms with Gasteiger partial charge in [-0.1, -0.05) is 12.1 Å². The monoisotopic (exact) mass is 425 g/mol. The van der Waals surface area contributed by atoms with Crippen LogP contribution in [-0.2, 0) is 16.1 Å². The summed E-state index contributed by atoms with van der Waals surface area (Å²) in [5, 5.41) is 5.50. The van der Waals surface area contributed by atoms with Gasteiger partial charge in [0.15, 0.2) is 0 Å². The standard InChI is InChI=1S/C23H24FN3O4/c1-30-14-12-27(15-19-5-4-13-31-19)16-22(28)26-21-7-3-2-6-20(21)23(29)25-18-10-8-17(24)9-11-18/h2-11,13H,12,14-16H2,1H3,(H,25,29)(H,26,28). The van der Waals surface area contributed by atoms with Crippen LogP contribution >= 0.6 is 0 Å². The topological polar surface area (TPSA) is 83.8 Å². The molecule has 0 radical (unpaired) electrons. The highest BCUT2D eigenvalue weighted by Crippen LogP contribution is 2.18. The Kier molecular flexibility index (Phi) is 7.91. The van der Waals surface area contributed by atoms with Gasteiger partial charge in [-0.2, -0.15) is 0 Å². The number of para-hydroxylation sites is 1. The Morgan fingerprint density at radius 3 is 2.52 bits per heavy atom. The van der Waals surface area contributed by atoms with E-state index in [0.29, 0.717) is 36.6 Å². The SMILES string of the molecule is COCCN(CC(=O)Nc1ccccc1C(=O)Nc1ccc(F)cc1)Cc1ccco1. The molecular formula is C23H24FN3O4. The van der Waals surface area contributed by atoms with Crippen molar-refractivity contribution in [1.82, 2.24) is 4.90 Å². The molecule has 162 valence electrons. The summed E-state index contributed by atoms with van der Waals surface area (Å²) in [5.74, 6) is -0.333. The van der Waals surface area contributed by atoms with Gasteiger partial charge in [-0.15, -0.1) is 0 Å². The molecule has 0 bridgehead atoms. The molecule has 8 heteroatoms. The molecule has 31 heavy (non-hydrogen) atoms. The molecule has 2 aromatic carbocycles. The van der Waals surface area contributed by atoms with Gasteiger partial charge in [0.2, 0.25) is 5.91 Å². The lowest BCUT2D eigenvalue weighted by Crippen LogP contribution is -2.35. The molecule has 1 aromatic heterocycles. The molecule has 3 rings (SSSR count). The maximum Gasteiger partial charge on any atom is 0.257 e. The molecule has 0 unspecified atom stereocenters. The van der Waals surface area contributed by atoms with E-state index in [-0.39, 0.29) is 12.5 Å². The summed E-state index contributed by atoms with van der Waals surface area (Å²) in [6.45, 7) is 1.55. The third-order valence-electron chi connectivity index (χ3n) is 4.49. The Hall–Kier alpha value is -3.49. The highest BCUT2D eigenvalue weighted by Gasteiger charge is 2.16. The molecule has 3 aromatic rings. The minimum atomic E-state index is -0.408. The van der Waals surface area contributed by atoms with Crippen LogP contribution < -0.4 is 10.6 Å². The molecule has 0 saturated heterocycles. The number of carbonyl (C=O) groups is 2. The van der Waals surface area contributed by atoms with Gasteiger partial charge in [0.1, 0.15) is 11.6 Å². The van der Waals surface area contributed by atoms with Crippen LogP contribution in [0, 0.1) is 5.82 Å². The number of anilines is 2. The number of nitrogens with zero attached hydrogens (tertiary/aromatic N) is 1. The molecule has 2 N–H and O–H groups in total. The zero-order valence-electron chi connectivity index (χ0n) is 17.1. The van der Waals surface area contributed by atoms with E-state index in [4.69, 9.17) is 9.15 Å². The number of carbonyl (C=O) groups excluding carboxylic acids is 2. The number of benzene rings is 2. The summed E-state index contributed by atoms with van der Waals surface area (Å²) >= 11 is 0. The van der Waals surface area contributed by atoms with E-state index in [1.54, 1.807) is 43.7 Å². The summed E-state index contributed by atoms with van der Waals surface area (Å²) in [6.07, 6.45) is 1.58. The average Bonchev–Trinajstić information content (AvgIpc) is 3.27. The summed E-state index contributed by atoms with van der Waals surface area (Å²) in [7, 11) is 1.60. The van der Waals surface area contributed by atoms with Crippen LogP contribution in [0.3, 0.4) is 0 Å². The van der Waals surface area contributed by atoms with Crippen LogP contribution in [0.25, 0.3) is 0 Å². The average molecular weight is 425 g/mol. The Morgan fingerprint density at radius 2 is 1.81 bits per heavy atom. The fraction of sp³-hybridized carbons (Fsp3) is 0.217. The van der Waals surface area contributed by atoms with E-state index < -0.39 is 11.7 Å². The van der Waals surface area contributed by atoms with Gasteiger partial charge in [0.05, 0.1) is 37.2 Å². The molecule has 0 aliphatic heterocycles. The van der Waals surface area contributed by atoms with Crippen LogP contribution in [0.4, 0.5) is 15.8 Å². The quantitative estimate of drug-likeness (QED) is 0.517. The summed E-state index contributed by atoms with van der Waals surface area (Å²) in [4.78, 5) is 27.3. The molecule has 0 aliphatic carbocycles. The van der Waals surface area contributed by atoms with E-state index in [1.807, 2.05) is 11.0 Å². The largest absolute Gasteiger partial charge is 0.468 e.